The summed E-state index contributed by atoms with van der Waals surface area (Å²) < 4.78 is 0. The molecular weight excluding hydrogens is 215 g/mol. The van der Waals surface area contributed by atoms with E-state index in [4.69, 9.17) is 0 Å². The Morgan fingerprint density at radius 3 is 2.22 bits per heavy atom. The van der Waals surface area contributed by atoms with Crippen molar-refractivity contribution >= 4 is 12.2 Å². The van der Waals surface area contributed by atoms with Gasteiger partial charge in [-0.05, 0) is 30.9 Å². The summed E-state index contributed by atoms with van der Waals surface area (Å²) in [6.45, 7) is 14.4. The summed E-state index contributed by atoms with van der Waals surface area (Å²) in [6, 6.07) is 11.0. The lowest BCUT2D eigenvalue weighted by Crippen LogP contribution is -2.41. The standard InChI is InChI=1S/C17H21B/c1-12-11-16(4)13(2)14(3)17(12,5)18(16)15-9-7-6-8-10-15/h6-10H,1,11H2,2-5H3/t16-,17+/m0/s1. The molecule has 0 radical (unpaired) electrons. The molecule has 2 heterocycles. The van der Waals surface area contributed by atoms with Crippen molar-refractivity contribution in [2.75, 3.05) is 0 Å². The van der Waals surface area contributed by atoms with E-state index < -0.39 is 0 Å². The number of allylic oxidation sites excluding steroid dienone is 3. The molecule has 0 nitrogen and oxygen atoms in total. The predicted molar refractivity (Wildman–Crippen MR) is 80.7 cm³/mol. The molecule has 1 saturated heterocycles. The van der Waals surface area contributed by atoms with Crippen molar-refractivity contribution in [2.45, 2.75) is 44.7 Å². The van der Waals surface area contributed by atoms with Crippen LogP contribution in [-0.4, -0.2) is 6.71 Å². The molecule has 0 spiro atoms. The van der Waals surface area contributed by atoms with Gasteiger partial charge >= 0.3 is 0 Å². The Hall–Kier alpha value is -1.24. The first-order chi connectivity index (χ1) is 8.42. The van der Waals surface area contributed by atoms with Gasteiger partial charge in [-0.15, -0.1) is 0 Å². The highest BCUT2D eigenvalue weighted by molar-refractivity contribution is 6.82. The molecule has 0 saturated carbocycles. The molecule has 1 aromatic rings. The third-order valence-corrected chi connectivity index (χ3v) is 5.86. The third-order valence-electron chi connectivity index (χ3n) is 5.86. The highest BCUT2D eigenvalue weighted by atomic mass is 14.5. The molecule has 2 aliphatic heterocycles. The minimum absolute atomic E-state index is 0.167. The van der Waals surface area contributed by atoms with Gasteiger partial charge in [0.15, 0.2) is 0 Å². The summed E-state index contributed by atoms with van der Waals surface area (Å²) in [5.41, 5.74) is 6.03. The van der Waals surface area contributed by atoms with E-state index in [2.05, 4.69) is 64.6 Å². The van der Waals surface area contributed by atoms with Crippen molar-refractivity contribution in [3.8, 4) is 0 Å². The number of fused-ring (bicyclic) bond motifs is 2. The molecule has 2 aliphatic rings. The molecule has 1 aromatic carbocycles. The lowest BCUT2D eigenvalue weighted by molar-refractivity contribution is 0.665. The molecule has 1 heteroatoms. The van der Waals surface area contributed by atoms with E-state index in [9.17, 15) is 0 Å². The quantitative estimate of drug-likeness (QED) is 0.506. The zero-order valence-corrected chi connectivity index (χ0v) is 11.9. The highest BCUT2D eigenvalue weighted by Crippen LogP contribution is 2.72. The molecule has 18 heavy (non-hydrogen) atoms. The molecule has 2 bridgehead atoms. The van der Waals surface area contributed by atoms with Gasteiger partial charge in [0.05, 0.1) is 0 Å². The normalized spacial score (nSPS) is 34.7. The van der Waals surface area contributed by atoms with Crippen molar-refractivity contribution < 1.29 is 0 Å². The SMILES string of the molecule is C=C1C[C@]2(C)B(c3ccccc3)[C@@]1(C)C(C)=C2C. The van der Waals surface area contributed by atoms with E-state index in [-0.39, 0.29) is 10.6 Å². The van der Waals surface area contributed by atoms with E-state index >= 15 is 0 Å². The summed E-state index contributed by atoms with van der Waals surface area (Å²) in [7, 11) is 0. The largest absolute Gasteiger partial charge is 0.201 e. The van der Waals surface area contributed by atoms with Crippen molar-refractivity contribution in [3.63, 3.8) is 0 Å². The van der Waals surface area contributed by atoms with Crippen molar-refractivity contribution in [3.05, 3.63) is 53.6 Å². The van der Waals surface area contributed by atoms with Crippen LogP contribution in [-0.2, 0) is 0 Å². The minimum Gasteiger partial charge on any atom is -0.0997 e. The Morgan fingerprint density at radius 1 is 1.06 bits per heavy atom. The Kier molecular flexibility index (Phi) is 2.24. The van der Waals surface area contributed by atoms with E-state index in [1.807, 2.05) is 0 Å². The van der Waals surface area contributed by atoms with Crippen LogP contribution in [0.5, 0.6) is 0 Å². The van der Waals surface area contributed by atoms with E-state index in [1.54, 1.807) is 11.1 Å². The highest BCUT2D eigenvalue weighted by Gasteiger charge is 2.63. The van der Waals surface area contributed by atoms with Gasteiger partial charge in [0, 0.05) is 0 Å². The number of benzene rings is 1. The van der Waals surface area contributed by atoms with Crippen LogP contribution in [0, 0.1) is 0 Å². The first kappa shape index (κ1) is 11.8. The van der Waals surface area contributed by atoms with Crippen LogP contribution in [0.1, 0.15) is 34.1 Å². The van der Waals surface area contributed by atoms with Gasteiger partial charge in [0.25, 0.3) is 0 Å². The Morgan fingerprint density at radius 2 is 1.67 bits per heavy atom. The lowest BCUT2D eigenvalue weighted by Gasteiger charge is -2.30. The van der Waals surface area contributed by atoms with Crippen LogP contribution in [0.4, 0.5) is 0 Å². The summed E-state index contributed by atoms with van der Waals surface area (Å²) in [5.74, 6) is 0. The van der Waals surface area contributed by atoms with Gasteiger partial charge < -0.3 is 0 Å². The minimum atomic E-state index is 0.167. The number of rotatable bonds is 1. The van der Waals surface area contributed by atoms with Crippen LogP contribution in [0.25, 0.3) is 0 Å². The fourth-order valence-electron chi connectivity index (χ4n) is 4.57. The summed E-state index contributed by atoms with van der Waals surface area (Å²) in [4.78, 5) is 0. The van der Waals surface area contributed by atoms with E-state index in [0.717, 1.165) is 6.42 Å². The Labute approximate surface area is 111 Å². The molecule has 0 N–H and O–H groups in total. The summed E-state index contributed by atoms with van der Waals surface area (Å²) in [5, 5.41) is 0.442. The second-order valence-electron chi connectivity index (χ2n) is 6.49. The fourth-order valence-corrected chi connectivity index (χ4v) is 4.57. The first-order valence-electron chi connectivity index (χ1n) is 6.84. The Bertz CT molecular complexity index is 554. The molecule has 1 fully saturated rings. The van der Waals surface area contributed by atoms with Crippen molar-refractivity contribution in [1.82, 2.24) is 0 Å². The van der Waals surface area contributed by atoms with Gasteiger partial charge in [-0.1, -0.05) is 72.9 Å². The van der Waals surface area contributed by atoms with E-state index in [0.29, 0.717) is 6.71 Å². The second-order valence-corrected chi connectivity index (χ2v) is 6.49. The van der Waals surface area contributed by atoms with Crippen LogP contribution in [0.3, 0.4) is 0 Å². The predicted octanol–water partition coefficient (Wildman–Crippen LogP) is 4.22. The average molecular weight is 236 g/mol. The summed E-state index contributed by atoms with van der Waals surface area (Å²) in [6.07, 6.45) is 1.15. The third kappa shape index (κ3) is 1.13. The molecule has 3 rings (SSSR count). The molecule has 0 aromatic heterocycles. The monoisotopic (exact) mass is 236 g/mol. The van der Waals surface area contributed by atoms with Crippen molar-refractivity contribution in [2.24, 2.45) is 0 Å². The second kappa shape index (κ2) is 3.41. The number of hydrogen-bond acceptors (Lipinski definition) is 0. The van der Waals surface area contributed by atoms with Gasteiger partial charge in [-0.2, -0.15) is 0 Å². The van der Waals surface area contributed by atoms with Crippen LogP contribution in [0.2, 0.25) is 10.6 Å². The van der Waals surface area contributed by atoms with Gasteiger partial charge in [-0.25, -0.2) is 0 Å². The maximum atomic E-state index is 4.38. The molecule has 0 unspecified atom stereocenters. The van der Waals surface area contributed by atoms with Gasteiger partial charge in [0.1, 0.15) is 0 Å². The maximum absolute atomic E-state index is 4.38. The Balaban J connectivity index is 2.23. The lowest BCUT2D eigenvalue weighted by atomic mass is 9.25. The maximum Gasteiger partial charge on any atom is 0.201 e. The molecule has 2 atom stereocenters. The fraction of sp³-hybridized carbons (Fsp3) is 0.412. The number of hydrogen-bond donors (Lipinski definition) is 0. The van der Waals surface area contributed by atoms with Crippen molar-refractivity contribution in [1.29, 1.82) is 0 Å². The zero-order valence-electron chi connectivity index (χ0n) is 11.9. The van der Waals surface area contributed by atoms with Gasteiger partial charge in [0.2, 0.25) is 6.71 Å². The molecule has 0 amide bonds. The molecule has 92 valence electrons. The van der Waals surface area contributed by atoms with Crippen LogP contribution >= 0.6 is 0 Å². The molecular formula is C17H21B. The van der Waals surface area contributed by atoms with Gasteiger partial charge in [-0.3, -0.25) is 0 Å². The first-order valence-corrected chi connectivity index (χ1v) is 6.84. The molecule has 0 aliphatic carbocycles. The summed E-state index contributed by atoms with van der Waals surface area (Å²) >= 11 is 0. The topological polar surface area (TPSA) is 0 Å². The van der Waals surface area contributed by atoms with Crippen LogP contribution in [0.15, 0.2) is 53.6 Å². The van der Waals surface area contributed by atoms with E-state index in [1.165, 1.54) is 11.0 Å². The smallest absolute Gasteiger partial charge is 0.0997 e. The van der Waals surface area contributed by atoms with Crippen LogP contribution < -0.4 is 5.46 Å². The average Bonchev–Trinajstić information content (AvgIpc) is 2.65. The zero-order chi connectivity index (χ0) is 13.1.